The van der Waals surface area contributed by atoms with E-state index in [1.165, 1.54) is 0 Å². The molecule has 14 heavy (non-hydrogen) atoms. The van der Waals surface area contributed by atoms with E-state index in [0.717, 1.165) is 25.9 Å². The van der Waals surface area contributed by atoms with E-state index in [0.29, 0.717) is 0 Å². The zero-order valence-corrected chi connectivity index (χ0v) is 8.52. The third kappa shape index (κ3) is 1.60. The normalized spacial score (nSPS) is 32.0. The van der Waals surface area contributed by atoms with Crippen LogP contribution < -0.4 is 0 Å². The number of nitrogens with zero attached hydrogens (tertiary/aromatic N) is 1. The van der Waals surface area contributed by atoms with Gasteiger partial charge in [-0.25, -0.2) is 0 Å². The molecule has 0 amide bonds. The van der Waals surface area contributed by atoms with Gasteiger partial charge in [-0.15, -0.1) is 6.58 Å². The molecule has 1 heterocycles. The van der Waals surface area contributed by atoms with E-state index in [4.69, 9.17) is 0 Å². The summed E-state index contributed by atoms with van der Waals surface area (Å²) in [7, 11) is 0. The molecular formula is C13H17N. The minimum atomic E-state index is 0.0690. The molecule has 2 aliphatic rings. The van der Waals surface area contributed by atoms with Crippen LogP contribution in [-0.2, 0) is 0 Å². The second-order valence-electron chi connectivity index (χ2n) is 3.89. The maximum atomic E-state index is 3.98. The Morgan fingerprint density at radius 3 is 2.71 bits per heavy atom. The van der Waals surface area contributed by atoms with Gasteiger partial charge in [-0.1, -0.05) is 42.5 Å². The molecule has 0 saturated heterocycles. The molecule has 1 unspecified atom stereocenters. The monoisotopic (exact) mass is 187 g/mol. The lowest BCUT2D eigenvalue weighted by atomic mass is 9.88. The maximum absolute atomic E-state index is 3.98. The second kappa shape index (κ2) is 3.97. The van der Waals surface area contributed by atoms with Crippen LogP contribution in [0.2, 0.25) is 0 Å². The second-order valence-corrected chi connectivity index (χ2v) is 3.89. The van der Waals surface area contributed by atoms with Crippen molar-refractivity contribution in [3.8, 4) is 0 Å². The molecule has 1 aliphatic carbocycles. The fourth-order valence-electron chi connectivity index (χ4n) is 2.16. The molecule has 0 N–H and O–H groups in total. The smallest absolute Gasteiger partial charge is 0.0613 e. The number of hydrogen-bond acceptors (Lipinski definition) is 1. The molecule has 0 aromatic carbocycles. The summed E-state index contributed by atoms with van der Waals surface area (Å²) >= 11 is 0. The highest BCUT2D eigenvalue weighted by Gasteiger charge is 2.30. The van der Waals surface area contributed by atoms with Gasteiger partial charge in [0.05, 0.1) is 5.54 Å². The van der Waals surface area contributed by atoms with Gasteiger partial charge >= 0.3 is 0 Å². The van der Waals surface area contributed by atoms with E-state index in [-0.39, 0.29) is 5.54 Å². The average Bonchev–Trinajstić information content (AvgIpc) is 2.31. The molecule has 1 aliphatic heterocycles. The van der Waals surface area contributed by atoms with Crippen molar-refractivity contribution in [3.63, 3.8) is 0 Å². The van der Waals surface area contributed by atoms with E-state index in [1.807, 2.05) is 0 Å². The van der Waals surface area contributed by atoms with Crippen molar-refractivity contribution in [3.05, 3.63) is 49.1 Å². The van der Waals surface area contributed by atoms with Crippen LogP contribution in [0.3, 0.4) is 0 Å². The third-order valence-electron chi connectivity index (χ3n) is 3.08. The molecule has 74 valence electrons. The van der Waals surface area contributed by atoms with Crippen molar-refractivity contribution < 1.29 is 0 Å². The first kappa shape index (κ1) is 9.47. The minimum absolute atomic E-state index is 0.0690. The average molecular weight is 187 g/mol. The molecule has 0 spiro atoms. The Morgan fingerprint density at radius 2 is 2.14 bits per heavy atom. The Bertz CT molecular complexity index is 298. The Balaban J connectivity index is 2.19. The van der Waals surface area contributed by atoms with Crippen LogP contribution in [0.15, 0.2) is 49.1 Å². The summed E-state index contributed by atoms with van der Waals surface area (Å²) in [4.78, 5) is 2.49. The Morgan fingerprint density at radius 1 is 1.21 bits per heavy atom. The van der Waals surface area contributed by atoms with E-state index in [1.54, 1.807) is 0 Å². The van der Waals surface area contributed by atoms with Crippen LogP contribution in [0.25, 0.3) is 0 Å². The standard InChI is InChI=1S/C13H17N/c1-2-13(9-5-3-6-10-13)14-11-7-4-8-12-14/h2-7,9H,1,8,10-12H2. The van der Waals surface area contributed by atoms with Gasteiger partial charge in [-0.3, -0.25) is 4.90 Å². The van der Waals surface area contributed by atoms with Crippen molar-refractivity contribution >= 4 is 0 Å². The first-order valence-corrected chi connectivity index (χ1v) is 5.25. The predicted octanol–water partition coefficient (Wildman–Crippen LogP) is 2.69. The lowest BCUT2D eigenvalue weighted by Crippen LogP contribution is -2.47. The molecule has 1 heteroatoms. The summed E-state index contributed by atoms with van der Waals surface area (Å²) < 4.78 is 0. The zero-order chi connectivity index (χ0) is 9.86. The quantitative estimate of drug-likeness (QED) is 0.601. The van der Waals surface area contributed by atoms with Crippen LogP contribution in [0.4, 0.5) is 0 Å². The summed E-state index contributed by atoms with van der Waals surface area (Å²) in [6, 6.07) is 0. The van der Waals surface area contributed by atoms with E-state index < -0.39 is 0 Å². The summed E-state index contributed by atoms with van der Waals surface area (Å²) in [5, 5.41) is 0. The SMILES string of the molecule is C=CC1(N2CC=CCC2)C=CC=CC1. The Kier molecular flexibility index (Phi) is 2.69. The minimum Gasteiger partial charge on any atom is -0.287 e. The molecule has 1 nitrogen and oxygen atoms in total. The Hall–Kier alpha value is -1.08. The molecule has 0 aromatic rings. The fourth-order valence-corrected chi connectivity index (χ4v) is 2.16. The molecular weight excluding hydrogens is 170 g/mol. The molecule has 0 radical (unpaired) electrons. The lowest BCUT2D eigenvalue weighted by molar-refractivity contribution is 0.187. The van der Waals surface area contributed by atoms with Crippen molar-refractivity contribution in [2.75, 3.05) is 13.1 Å². The zero-order valence-electron chi connectivity index (χ0n) is 8.52. The van der Waals surface area contributed by atoms with E-state index >= 15 is 0 Å². The maximum Gasteiger partial charge on any atom is 0.0613 e. The topological polar surface area (TPSA) is 3.24 Å². The predicted molar refractivity (Wildman–Crippen MR) is 61.2 cm³/mol. The van der Waals surface area contributed by atoms with Crippen LogP contribution in [0.5, 0.6) is 0 Å². The van der Waals surface area contributed by atoms with Gasteiger partial charge in [0.25, 0.3) is 0 Å². The van der Waals surface area contributed by atoms with Crippen molar-refractivity contribution in [1.82, 2.24) is 4.90 Å². The first-order valence-electron chi connectivity index (χ1n) is 5.25. The number of allylic oxidation sites excluding steroid dienone is 2. The van der Waals surface area contributed by atoms with Gasteiger partial charge < -0.3 is 0 Å². The summed E-state index contributed by atoms with van der Waals surface area (Å²) in [5.41, 5.74) is 0.0690. The van der Waals surface area contributed by atoms with Gasteiger partial charge in [-0.05, 0) is 12.8 Å². The Labute approximate surface area is 86.1 Å². The number of hydrogen-bond donors (Lipinski definition) is 0. The first-order chi connectivity index (χ1) is 6.87. The van der Waals surface area contributed by atoms with Crippen LogP contribution >= 0.6 is 0 Å². The lowest BCUT2D eigenvalue weighted by Gasteiger charge is -2.41. The summed E-state index contributed by atoms with van der Waals surface area (Å²) in [6.07, 6.45) is 17.5. The number of rotatable bonds is 2. The van der Waals surface area contributed by atoms with Gasteiger partial charge in [0.2, 0.25) is 0 Å². The van der Waals surface area contributed by atoms with E-state index in [2.05, 4.69) is 54.0 Å². The van der Waals surface area contributed by atoms with Crippen LogP contribution in [-0.4, -0.2) is 23.5 Å². The third-order valence-corrected chi connectivity index (χ3v) is 3.08. The molecule has 0 bridgehead atoms. The summed E-state index contributed by atoms with van der Waals surface area (Å²) in [5.74, 6) is 0. The van der Waals surface area contributed by atoms with Crippen molar-refractivity contribution in [1.29, 1.82) is 0 Å². The van der Waals surface area contributed by atoms with Crippen molar-refractivity contribution in [2.45, 2.75) is 18.4 Å². The van der Waals surface area contributed by atoms with Gasteiger partial charge in [-0.2, -0.15) is 0 Å². The molecule has 0 aromatic heterocycles. The molecule has 0 fully saturated rings. The van der Waals surface area contributed by atoms with Crippen LogP contribution in [0, 0.1) is 0 Å². The van der Waals surface area contributed by atoms with Crippen LogP contribution in [0.1, 0.15) is 12.8 Å². The van der Waals surface area contributed by atoms with Gasteiger partial charge in [0, 0.05) is 13.1 Å². The highest BCUT2D eigenvalue weighted by molar-refractivity contribution is 5.28. The largest absolute Gasteiger partial charge is 0.287 e. The highest BCUT2D eigenvalue weighted by Crippen LogP contribution is 2.28. The molecule has 2 rings (SSSR count). The fraction of sp³-hybridized carbons (Fsp3) is 0.385. The summed E-state index contributed by atoms with van der Waals surface area (Å²) in [6.45, 7) is 6.17. The molecule has 0 saturated carbocycles. The van der Waals surface area contributed by atoms with Gasteiger partial charge in [0.1, 0.15) is 0 Å². The van der Waals surface area contributed by atoms with Crippen molar-refractivity contribution in [2.24, 2.45) is 0 Å². The highest BCUT2D eigenvalue weighted by atomic mass is 15.2. The van der Waals surface area contributed by atoms with Gasteiger partial charge in [0.15, 0.2) is 0 Å². The van der Waals surface area contributed by atoms with E-state index in [9.17, 15) is 0 Å². The molecule has 1 atom stereocenters.